The number of nitrogens with one attached hydrogen (secondary N) is 1. The van der Waals surface area contributed by atoms with Crippen molar-refractivity contribution in [2.45, 2.75) is 16.5 Å². The maximum atomic E-state index is 12.2. The third kappa shape index (κ3) is 2.75. The third-order valence-corrected chi connectivity index (χ3v) is 5.81. The van der Waals surface area contributed by atoms with E-state index in [-0.39, 0.29) is 10.8 Å². The van der Waals surface area contributed by atoms with Crippen LogP contribution in [0.15, 0.2) is 57.7 Å². The normalized spacial score (nSPS) is 12.7. The van der Waals surface area contributed by atoms with E-state index in [1.807, 2.05) is 43.3 Å². The highest BCUT2D eigenvalue weighted by atomic mass is 32.2. The first-order chi connectivity index (χ1) is 11.2. The van der Waals surface area contributed by atoms with Crippen LogP contribution in [0.2, 0.25) is 0 Å². The molecule has 114 valence electrons. The summed E-state index contributed by atoms with van der Waals surface area (Å²) in [5.41, 5.74) is 1.64. The number of para-hydroxylation sites is 2. The molecule has 1 N–H and O–H groups in total. The van der Waals surface area contributed by atoms with Crippen LogP contribution in [0.5, 0.6) is 0 Å². The lowest BCUT2D eigenvalue weighted by molar-refractivity contribution is 0.922. The van der Waals surface area contributed by atoms with Crippen molar-refractivity contribution in [3.63, 3.8) is 0 Å². The average molecular weight is 339 g/mol. The van der Waals surface area contributed by atoms with Gasteiger partial charge in [0.25, 0.3) is 5.56 Å². The number of nitrogens with zero attached hydrogens (tertiary/aromatic N) is 2. The van der Waals surface area contributed by atoms with E-state index in [1.54, 1.807) is 29.2 Å². The fourth-order valence-corrected chi connectivity index (χ4v) is 4.67. The summed E-state index contributed by atoms with van der Waals surface area (Å²) in [6, 6.07) is 15.5. The fourth-order valence-electron chi connectivity index (χ4n) is 2.41. The molecule has 0 fully saturated rings. The van der Waals surface area contributed by atoms with Gasteiger partial charge in [0.2, 0.25) is 0 Å². The van der Waals surface area contributed by atoms with Crippen molar-refractivity contribution in [2.75, 3.05) is 0 Å². The van der Waals surface area contributed by atoms with Crippen LogP contribution >= 0.6 is 23.1 Å². The van der Waals surface area contributed by atoms with Crippen LogP contribution in [0, 0.1) is 0 Å². The van der Waals surface area contributed by atoms with Gasteiger partial charge in [-0.15, -0.1) is 11.3 Å². The van der Waals surface area contributed by atoms with Gasteiger partial charge in [0.05, 0.1) is 26.4 Å². The largest absolute Gasteiger partial charge is 0.309 e. The molecule has 0 radical (unpaired) electrons. The number of fused-ring (bicyclic) bond motifs is 2. The number of rotatable bonds is 3. The monoisotopic (exact) mass is 339 g/mol. The van der Waals surface area contributed by atoms with Gasteiger partial charge in [0, 0.05) is 0 Å². The number of hydrogen-bond donors (Lipinski definition) is 1. The summed E-state index contributed by atoms with van der Waals surface area (Å²) in [5.74, 6) is 0.679. The number of aromatic amines is 1. The molecule has 2 heterocycles. The topological polar surface area (TPSA) is 58.6 Å². The molecule has 0 amide bonds. The zero-order valence-corrected chi connectivity index (χ0v) is 13.9. The second kappa shape index (κ2) is 5.79. The summed E-state index contributed by atoms with van der Waals surface area (Å²) >= 11 is 3.27. The Morgan fingerprint density at radius 1 is 1.04 bits per heavy atom. The summed E-state index contributed by atoms with van der Waals surface area (Å²) in [7, 11) is 0. The summed E-state index contributed by atoms with van der Waals surface area (Å²) in [6.07, 6.45) is 0. The van der Waals surface area contributed by atoms with Crippen molar-refractivity contribution < 1.29 is 0 Å². The van der Waals surface area contributed by atoms with Gasteiger partial charge < -0.3 is 4.98 Å². The number of aromatic nitrogens is 3. The molecular formula is C17H13N3OS2. The molecule has 0 saturated heterocycles. The van der Waals surface area contributed by atoms with Crippen LogP contribution in [0.3, 0.4) is 0 Å². The predicted octanol–water partition coefficient (Wildman–Crippen LogP) is 4.39. The van der Waals surface area contributed by atoms with Crippen LogP contribution in [0.4, 0.5) is 0 Å². The molecule has 2 aromatic heterocycles. The Labute approximate surface area is 140 Å². The Balaban J connectivity index is 1.68. The lowest BCUT2D eigenvalue weighted by Gasteiger charge is -2.09. The minimum Gasteiger partial charge on any atom is -0.309 e. The highest BCUT2D eigenvalue weighted by Crippen LogP contribution is 2.37. The van der Waals surface area contributed by atoms with Crippen molar-refractivity contribution in [1.82, 2.24) is 15.0 Å². The summed E-state index contributed by atoms with van der Waals surface area (Å²) < 4.78 is 2.15. The second-order valence-corrected chi connectivity index (χ2v) is 7.79. The van der Waals surface area contributed by atoms with Crippen LogP contribution in [-0.2, 0) is 0 Å². The lowest BCUT2D eigenvalue weighted by Crippen LogP contribution is -2.12. The molecule has 0 spiro atoms. The van der Waals surface area contributed by atoms with Gasteiger partial charge in [-0.1, -0.05) is 36.0 Å². The van der Waals surface area contributed by atoms with E-state index < -0.39 is 0 Å². The molecule has 1 unspecified atom stereocenters. The molecule has 0 aliphatic heterocycles. The molecule has 23 heavy (non-hydrogen) atoms. The minimum atomic E-state index is -0.0950. The van der Waals surface area contributed by atoms with Crippen LogP contribution in [-0.4, -0.2) is 15.0 Å². The Hall–Kier alpha value is -2.18. The molecule has 4 nitrogen and oxygen atoms in total. The molecular weight excluding hydrogens is 326 g/mol. The zero-order chi connectivity index (χ0) is 15.8. The maximum Gasteiger partial charge on any atom is 0.258 e. The first-order valence-corrected chi connectivity index (χ1v) is 8.91. The van der Waals surface area contributed by atoms with E-state index in [4.69, 9.17) is 0 Å². The minimum absolute atomic E-state index is 0.0212. The van der Waals surface area contributed by atoms with Crippen LogP contribution < -0.4 is 5.56 Å². The SMILES string of the molecule is CC(Sc1nc2ccccc2s1)c1nc2ccccc2c(=O)[nH]1. The molecule has 0 aliphatic carbocycles. The van der Waals surface area contributed by atoms with Crippen molar-refractivity contribution >= 4 is 44.2 Å². The number of H-pyrrole nitrogens is 1. The van der Waals surface area contributed by atoms with Gasteiger partial charge in [-0.2, -0.15) is 0 Å². The number of thiazole rings is 1. The zero-order valence-electron chi connectivity index (χ0n) is 12.3. The van der Waals surface area contributed by atoms with E-state index in [1.165, 1.54) is 4.70 Å². The summed E-state index contributed by atoms with van der Waals surface area (Å²) in [5, 5.41) is 0.640. The smallest absolute Gasteiger partial charge is 0.258 e. The van der Waals surface area contributed by atoms with Crippen molar-refractivity contribution in [2.24, 2.45) is 0 Å². The average Bonchev–Trinajstić information content (AvgIpc) is 2.97. The van der Waals surface area contributed by atoms with Gasteiger partial charge in [-0.05, 0) is 31.2 Å². The molecule has 4 aromatic rings. The Morgan fingerprint density at radius 3 is 2.61 bits per heavy atom. The first-order valence-electron chi connectivity index (χ1n) is 7.22. The highest BCUT2D eigenvalue weighted by molar-refractivity contribution is 8.01. The number of hydrogen-bond acceptors (Lipinski definition) is 5. The van der Waals surface area contributed by atoms with Gasteiger partial charge in [0.1, 0.15) is 5.82 Å². The van der Waals surface area contributed by atoms with Gasteiger partial charge in [0.15, 0.2) is 4.34 Å². The summed E-state index contributed by atoms with van der Waals surface area (Å²) in [4.78, 5) is 24.3. The van der Waals surface area contributed by atoms with Gasteiger partial charge >= 0.3 is 0 Å². The van der Waals surface area contributed by atoms with E-state index in [0.29, 0.717) is 11.2 Å². The Morgan fingerprint density at radius 2 is 1.78 bits per heavy atom. The lowest BCUT2D eigenvalue weighted by atomic mass is 10.2. The molecule has 0 aliphatic rings. The molecule has 4 rings (SSSR count). The molecule has 0 bridgehead atoms. The second-order valence-electron chi connectivity index (χ2n) is 5.18. The van der Waals surface area contributed by atoms with Crippen LogP contribution in [0.25, 0.3) is 21.1 Å². The highest BCUT2D eigenvalue weighted by Gasteiger charge is 2.14. The third-order valence-electron chi connectivity index (χ3n) is 3.57. The van der Waals surface area contributed by atoms with Crippen LogP contribution in [0.1, 0.15) is 18.0 Å². The molecule has 2 aromatic carbocycles. The van der Waals surface area contributed by atoms with Crippen molar-refractivity contribution in [3.05, 3.63) is 64.7 Å². The van der Waals surface area contributed by atoms with E-state index >= 15 is 0 Å². The fraction of sp³-hybridized carbons (Fsp3) is 0.118. The number of thioether (sulfide) groups is 1. The van der Waals surface area contributed by atoms with E-state index in [0.717, 1.165) is 15.4 Å². The van der Waals surface area contributed by atoms with E-state index in [9.17, 15) is 4.79 Å². The Kier molecular flexibility index (Phi) is 3.63. The molecule has 0 saturated carbocycles. The number of benzene rings is 2. The first kappa shape index (κ1) is 14.4. The molecule has 6 heteroatoms. The maximum absolute atomic E-state index is 12.2. The molecule has 1 atom stereocenters. The quantitative estimate of drug-likeness (QED) is 0.563. The van der Waals surface area contributed by atoms with Crippen molar-refractivity contribution in [3.8, 4) is 0 Å². The van der Waals surface area contributed by atoms with Gasteiger partial charge in [-0.3, -0.25) is 4.79 Å². The Bertz CT molecular complexity index is 1020. The summed E-state index contributed by atoms with van der Waals surface area (Å²) in [6.45, 7) is 2.03. The van der Waals surface area contributed by atoms with Crippen molar-refractivity contribution in [1.29, 1.82) is 0 Å². The predicted molar refractivity (Wildman–Crippen MR) is 96.3 cm³/mol. The standard InChI is InChI=1S/C17H13N3OS2/c1-10(22-17-19-13-8-4-5-9-14(13)23-17)15-18-12-7-3-2-6-11(12)16(21)20-15/h2-10H,1H3,(H,18,20,21). The van der Waals surface area contributed by atoms with E-state index in [2.05, 4.69) is 21.0 Å². The van der Waals surface area contributed by atoms with Gasteiger partial charge in [-0.25, -0.2) is 9.97 Å².